The fourth-order valence-electron chi connectivity index (χ4n) is 2.59. The third kappa shape index (κ3) is 4.12. The van der Waals surface area contributed by atoms with Gasteiger partial charge < -0.3 is 4.74 Å². The first-order valence-electron chi connectivity index (χ1n) is 8.31. The monoisotopic (exact) mass is 349 g/mol. The molecule has 25 heavy (non-hydrogen) atoms. The van der Waals surface area contributed by atoms with E-state index >= 15 is 0 Å². The Morgan fingerprint density at radius 1 is 0.760 bits per heavy atom. The molecule has 0 unspecified atom stereocenters. The van der Waals surface area contributed by atoms with Gasteiger partial charge in [-0.25, -0.2) is 4.79 Å². The summed E-state index contributed by atoms with van der Waals surface area (Å²) in [6, 6.07) is 28.4. The Bertz CT molecular complexity index is 789. The van der Waals surface area contributed by atoms with Crippen molar-refractivity contribution < 1.29 is 9.53 Å². The highest BCUT2D eigenvalue weighted by molar-refractivity contribution is 7.97. The summed E-state index contributed by atoms with van der Waals surface area (Å²) < 4.78 is 5.46. The zero-order valence-electron chi connectivity index (χ0n) is 14.4. The number of hydrogen-bond donors (Lipinski definition) is 0. The molecule has 0 radical (unpaired) electrons. The Labute approximate surface area is 151 Å². The summed E-state index contributed by atoms with van der Waals surface area (Å²) in [6.45, 7) is 3.74. The molecule has 0 saturated carbocycles. The van der Waals surface area contributed by atoms with Crippen molar-refractivity contribution in [2.24, 2.45) is 0 Å². The first-order valence-corrected chi connectivity index (χ1v) is 9.53. The lowest BCUT2D eigenvalue weighted by molar-refractivity contribution is 0.0373. The van der Waals surface area contributed by atoms with Crippen LogP contribution in [0, 0.1) is 0 Å². The highest BCUT2D eigenvalue weighted by Crippen LogP contribution is 2.33. The zero-order valence-corrected chi connectivity index (χ0v) is 15.2. The van der Waals surface area contributed by atoms with Crippen molar-refractivity contribution >= 4 is 16.9 Å². The van der Waals surface area contributed by atoms with Gasteiger partial charge in [-0.3, -0.25) is 0 Å². The number of rotatable bonds is 5. The zero-order chi connectivity index (χ0) is 17.6. The van der Waals surface area contributed by atoms with Crippen LogP contribution in [-0.4, -0.2) is 12.1 Å². The molecular formula is C22H21O2S+. The van der Waals surface area contributed by atoms with Gasteiger partial charge in [-0.2, -0.15) is 0 Å². The van der Waals surface area contributed by atoms with Crippen LogP contribution in [0.2, 0.25) is 0 Å². The molecule has 3 rings (SSSR count). The SMILES string of the molecule is CC(C)OC(=O)c1ccccc1[S+](c1ccccc1)c1ccccc1. The predicted molar refractivity (Wildman–Crippen MR) is 102 cm³/mol. The van der Waals surface area contributed by atoms with Crippen molar-refractivity contribution in [1.82, 2.24) is 0 Å². The van der Waals surface area contributed by atoms with Crippen molar-refractivity contribution in [3.05, 3.63) is 90.5 Å². The molecule has 3 heteroatoms. The molecule has 0 atom stereocenters. The van der Waals surface area contributed by atoms with Crippen LogP contribution in [0.1, 0.15) is 24.2 Å². The quantitative estimate of drug-likeness (QED) is 0.459. The third-order valence-electron chi connectivity index (χ3n) is 3.63. The molecule has 0 aliphatic carbocycles. The molecule has 0 aromatic heterocycles. The van der Waals surface area contributed by atoms with E-state index in [-0.39, 0.29) is 23.0 Å². The standard InChI is InChI=1S/C22H21O2S/c1-17(2)24-22(23)20-15-9-10-16-21(20)25(18-11-5-3-6-12-18)19-13-7-4-8-14-19/h3-17H,1-2H3/q+1. The number of carbonyl (C=O) groups excluding carboxylic acids is 1. The average molecular weight is 349 g/mol. The van der Waals surface area contributed by atoms with E-state index in [9.17, 15) is 4.79 Å². The number of benzene rings is 3. The lowest BCUT2D eigenvalue weighted by Gasteiger charge is -2.13. The lowest BCUT2D eigenvalue weighted by atomic mass is 10.2. The highest BCUT2D eigenvalue weighted by atomic mass is 32.2. The van der Waals surface area contributed by atoms with Crippen molar-refractivity contribution in [2.75, 3.05) is 0 Å². The van der Waals surface area contributed by atoms with Crippen molar-refractivity contribution in [3.63, 3.8) is 0 Å². The van der Waals surface area contributed by atoms with E-state index in [1.165, 1.54) is 9.79 Å². The van der Waals surface area contributed by atoms with Gasteiger partial charge in [-0.1, -0.05) is 48.5 Å². The summed E-state index contributed by atoms with van der Waals surface area (Å²) in [4.78, 5) is 16.0. The van der Waals surface area contributed by atoms with Gasteiger partial charge >= 0.3 is 5.97 Å². The first kappa shape index (κ1) is 17.3. The van der Waals surface area contributed by atoms with Crippen LogP contribution in [0.5, 0.6) is 0 Å². The number of esters is 1. The molecule has 0 aliphatic heterocycles. The summed E-state index contributed by atoms with van der Waals surface area (Å²) in [6.07, 6.45) is -0.143. The fraction of sp³-hybridized carbons (Fsp3) is 0.136. The smallest absolute Gasteiger partial charge is 0.343 e. The van der Waals surface area contributed by atoms with E-state index in [0.29, 0.717) is 5.56 Å². The third-order valence-corrected chi connectivity index (χ3v) is 5.91. The minimum atomic E-state index is -0.362. The van der Waals surface area contributed by atoms with Crippen LogP contribution in [-0.2, 0) is 15.6 Å². The topological polar surface area (TPSA) is 26.3 Å². The van der Waals surface area contributed by atoms with Gasteiger partial charge in [0.05, 0.1) is 6.10 Å². The van der Waals surface area contributed by atoms with Gasteiger partial charge in [0.1, 0.15) is 16.5 Å². The highest BCUT2D eigenvalue weighted by Gasteiger charge is 2.33. The molecule has 2 nitrogen and oxygen atoms in total. The van der Waals surface area contributed by atoms with Crippen LogP contribution in [0.15, 0.2) is 99.6 Å². The second-order valence-electron chi connectivity index (χ2n) is 5.88. The molecule has 0 saturated heterocycles. The van der Waals surface area contributed by atoms with Gasteiger partial charge in [-0.15, -0.1) is 0 Å². The Hall–Kier alpha value is -2.52. The lowest BCUT2D eigenvalue weighted by Crippen LogP contribution is -2.16. The Morgan fingerprint density at radius 2 is 1.24 bits per heavy atom. The van der Waals surface area contributed by atoms with Crippen molar-refractivity contribution in [1.29, 1.82) is 0 Å². The van der Waals surface area contributed by atoms with E-state index in [2.05, 4.69) is 24.3 Å². The number of hydrogen-bond acceptors (Lipinski definition) is 2. The molecular weight excluding hydrogens is 328 g/mol. The van der Waals surface area contributed by atoms with Gasteiger partial charge in [-0.05, 0) is 50.2 Å². The average Bonchev–Trinajstić information content (AvgIpc) is 2.64. The van der Waals surface area contributed by atoms with E-state index in [1.807, 2.05) is 74.5 Å². The van der Waals surface area contributed by atoms with Crippen molar-refractivity contribution in [3.8, 4) is 0 Å². The minimum absolute atomic E-state index is 0.143. The number of carbonyl (C=O) groups is 1. The maximum atomic E-state index is 12.6. The maximum absolute atomic E-state index is 12.6. The Kier molecular flexibility index (Phi) is 5.56. The predicted octanol–water partition coefficient (Wildman–Crippen LogP) is 5.35. The summed E-state index contributed by atoms with van der Waals surface area (Å²) in [5.41, 5.74) is 0.632. The molecule has 0 amide bonds. The molecule has 0 spiro atoms. The van der Waals surface area contributed by atoms with Crippen LogP contribution < -0.4 is 0 Å². The molecule has 0 heterocycles. The van der Waals surface area contributed by atoms with Crippen LogP contribution in [0.4, 0.5) is 0 Å². The van der Waals surface area contributed by atoms with Crippen LogP contribution in [0.3, 0.4) is 0 Å². The van der Waals surface area contributed by atoms with Gasteiger partial charge in [0.15, 0.2) is 14.7 Å². The summed E-state index contributed by atoms with van der Waals surface area (Å²) in [5, 5.41) is 0. The van der Waals surface area contributed by atoms with E-state index in [0.717, 1.165) is 4.90 Å². The van der Waals surface area contributed by atoms with E-state index in [1.54, 1.807) is 0 Å². The Morgan fingerprint density at radius 3 is 1.76 bits per heavy atom. The van der Waals surface area contributed by atoms with E-state index < -0.39 is 0 Å². The van der Waals surface area contributed by atoms with Gasteiger partial charge in [0.2, 0.25) is 0 Å². The second-order valence-corrected chi connectivity index (χ2v) is 7.88. The van der Waals surface area contributed by atoms with Gasteiger partial charge in [0.25, 0.3) is 0 Å². The van der Waals surface area contributed by atoms with Crippen LogP contribution in [0.25, 0.3) is 0 Å². The largest absolute Gasteiger partial charge is 0.459 e. The van der Waals surface area contributed by atoms with E-state index in [4.69, 9.17) is 4.74 Å². The molecule has 126 valence electrons. The first-order chi connectivity index (χ1) is 12.2. The minimum Gasteiger partial charge on any atom is -0.459 e. The van der Waals surface area contributed by atoms with Crippen molar-refractivity contribution in [2.45, 2.75) is 34.6 Å². The van der Waals surface area contributed by atoms with Crippen LogP contribution >= 0.6 is 0 Å². The fourth-order valence-corrected chi connectivity index (χ4v) is 4.82. The number of ether oxygens (including phenoxy) is 1. The summed E-state index contributed by atoms with van der Waals surface area (Å²) in [7, 11) is -0.362. The molecule has 0 bridgehead atoms. The second kappa shape index (κ2) is 8.04. The molecule has 3 aromatic carbocycles. The van der Waals surface area contributed by atoms with Gasteiger partial charge in [0, 0.05) is 0 Å². The summed E-state index contributed by atoms with van der Waals surface area (Å²) in [5.74, 6) is -0.269. The molecule has 0 N–H and O–H groups in total. The molecule has 0 fully saturated rings. The molecule has 3 aromatic rings. The normalized spacial score (nSPS) is 10.9. The summed E-state index contributed by atoms with van der Waals surface area (Å²) >= 11 is 0. The Balaban J connectivity index is 2.14. The maximum Gasteiger partial charge on any atom is 0.343 e. The molecule has 0 aliphatic rings.